The van der Waals surface area contributed by atoms with Gasteiger partial charge in [-0.15, -0.1) is 0 Å². The second-order valence-electron chi connectivity index (χ2n) is 4.39. The summed E-state index contributed by atoms with van der Waals surface area (Å²) in [7, 11) is 0. The van der Waals surface area contributed by atoms with Crippen molar-refractivity contribution in [2.75, 3.05) is 13.1 Å². The van der Waals surface area contributed by atoms with Crippen molar-refractivity contribution >= 4 is 21.8 Å². The second-order valence-corrected chi connectivity index (χ2v) is 5.20. The van der Waals surface area contributed by atoms with Crippen LogP contribution in [-0.4, -0.2) is 40.1 Å². The average molecular weight is 299 g/mol. The van der Waals surface area contributed by atoms with Gasteiger partial charge >= 0.3 is 0 Å². The fourth-order valence-electron chi connectivity index (χ4n) is 2.05. The first kappa shape index (κ1) is 12.5. The van der Waals surface area contributed by atoms with Crippen LogP contribution in [0, 0.1) is 5.92 Å². The molecule has 0 aromatic carbocycles. The molecule has 1 amide bonds. The van der Waals surface area contributed by atoms with E-state index in [0.717, 1.165) is 6.42 Å². The van der Waals surface area contributed by atoms with Crippen molar-refractivity contribution in [3.05, 3.63) is 28.5 Å². The first-order chi connectivity index (χ1) is 8.08. The van der Waals surface area contributed by atoms with E-state index >= 15 is 0 Å². The Morgan fingerprint density at radius 2 is 2.41 bits per heavy atom. The summed E-state index contributed by atoms with van der Waals surface area (Å²) in [5, 5.41) is 9.51. The molecule has 4 nitrogen and oxygen atoms in total. The van der Waals surface area contributed by atoms with E-state index in [4.69, 9.17) is 0 Å². The third-order valence-corrected chi connectivity index (χ3v) is 3.57. The number of carbonyl (C=O) groups excluding carboxylic acids is 1. The lowest BCUT2D eigenvalue weighted by molar-refractivity contribution is 0.0756. The summed E-state index contributed by atoms with van der Waals surface area (Å²) in [6, 6.07) is 5.30. The van der Waals surface area contributed by atoms with E-state index in [0.29, 0.717) is 23.4 Å². The van der Waals surface area contributed by atoms with Crippen molar-refractivity contribution < 1.29 is 9.90 Å². The maximum absolute atomic E-state index is 12.1. The molecule has 17 heavy (non-hydrogen) atoms. The molecule has 2 heterocycles. The third kappa shape index (κ3) is 2.84. The van der Waals surface area contributed by atoms with Gasteiger partial charge < -0.3 is 10.0 Å². The molecule has 5 heteroatoms. The maximum atomic E-state index is 12.1. The molecule has 92 valence electrons. The Morgan fingerprint density at radius 3 is 3.00 bits per heavy atom. The van der Waals surface area contributed by atoms with Crippen LogP contribution in [-0.2, 0) is 0 Å². The first-order valence-corrected chi connectivity index (χ1v) is 6.47. The molecule has 1 aromatic heterocycles. The third-order valence-electron chi connectivity index (χ3n) is 3.13. The summed E-state index contributed by atoms with van der Waals surface area (Å²) in [4.78, 5) is 18.0. The fraction of sp³-hybridized carbons (Fsp3) is 0.500. The summed E-state index contributed by atoms with van der Waals surface area (Å²) in [6.07, 6.45) is 0.500. The van der Waals surface area contributed by atoms with E-state index in [-0.39, 0.29) is 17.9 Å². The number of hydrogen-bond acceptors (Lipinski definition) is 3. The summed E-state index contributed by atoms with van der Waals surface area (Å²) in [5.74, 6) is 0.126. The van der Waals surface area contributed by atoms with Crippen molar-refractivity contribution in [1.29, 1.82) is 0 Å². The van der Waals surface area contributed by atoms with E-state index in [1.807, 2.05) is 0 Å². The maximum Gasteiger partial charge on any atom is 0.272 e. The van der Waals surface area contributed by atoms with Crippen molar-refractivity contribution in [1.82, 2.24) is 9.88 Å². The molecule has 0 saturated carbocycles. The molecule has 1 fully saturated rings. The minimum Gasteiger partial charge on any atom is -0.393 e. The highest BCUT2D eigenvalue weighted by Crippen LogP contribution is 2.21. The number of halogens is 1. The Labute approximate surface area is 109 Å². The zero-order valence-electron chi connectivity index (χ0n) is 9.64. The van der Waals surface area contributed by atoms with E-state index in [1.54, 1.807) is 30.0 Å². The highest BCUT2D eigenvalue weighted by molar-refractivity contribution is 9.10. The van der Waals surface area contributed by atoms with Crippen LogP contribution in [0.25, 0.3) is 0 Å². The Balaban J connectivity index is 2.07. The number of carbonyl (C=O) groups is 1. The lowest BCUT2D eigenvalue weighted by Gasteiger charge is -2.17. The number of aliphatic hydroxyl groups excluding tert-OH is 1. The van der Waals surface area contributed by atoms with E-state index < -0.39 is 0 Å². The molecule has 1 aromatic rings. The van der Waals surface area contributed by atoms with Gasteiger partial charge in [0, 0.05) is 19.0 Å². The molecule has 2 rings (SSSR count). The van der Waals surface area contributed by atoms with E-state index in [2.05, 4.69) is 20.9 Å². The molecule has 1 aliphatic rings. The number of hydrogen-bond donors (Lipinski definition) is 1. The van der Waals surface area contributed by atoms with Gasteiger partial charge in [-0.2, -0.15) is 0 Å². The van der Waals surface area contributed by atoms with Crippen LogP contribution in [0.1, 0.15) is 23.8 Å². The van der Waals surface area contributed by atoms with Gasteiger partial charge in [-0.3, -0.25) is 4.79 Å². The van der Waals surface area contributed by atoms with Crippen LogP contribution < -0.4 is 0 Å². The van der Waals surface area contributed by atoms with Crippen LogP contribution in [0.3, 0.4) is 0 Å². The quantitative estimate of drug-likeness (QED) is 0.846. The smallest absolute Gasteiger partial charge is 0.272 e. The highest BCUT2D eigenvalue weighted by Gasteiger charge is 2.29. The van der Waals surface area contributed by atoms with Crippen LogP contribution in [0.15, 0.2) is 22.8 Å². The molecule has 2 unspecified atom stereocenters. The van der Waals surface area contributed by atoms with Gasteiger partial charge in [0.05, 0.1) is 6.10 Å². The number of amides is 1. The minimum atomic E-state index is -0.358. The highest BCUT2D eigenvalue weighted by atomic mass is 79.9. The van der Waals surface area contributed by atoms with Crippen molar-refractivity contribution in [2.45, 2.75) is 19.4 Å². The molecule has 0 bridgehead atoms. The normalized spacial score (nSPS) is 21.6. The lowest BCUT2D eigenvalue weighted by Crippen LogP contribution is -2.31. The summed E-state index contributed by atoms with van der Waals surface area (Å²) >= 11 is 3.25. The molecule has 0 spiro atoms. The largest absolute Gasteiger partial charge is 0.393 e. The molecule has 0 aliphatic carbocycles. The molecule has 1 N–H and O–H groups in total. The van der Waals surface area contributed by atoms with Crippen molar-refractivity contribution in [3.63, 3.8) is 0 Å². The SMILES string of the molecule is CC(O)C1CCN(C(=O)c2cccc(Br)n2)C1. The molecule has 0 radical (unpaired) electrons. The number of nitrogens with zero attached hydrogens (tertiary/aromatic N) is 2. The van der Waals surface area contributed by atoms with Gasteiger partial charge in [-0.05, 0) is 41.4 Å². The minimum absolute atomic E-state index is 0.0607. The van der Waals surface area contributed by atoms with Gasteiger partial charge in [-0.1, -0.05) is 6.07 Å². The van der Waals surface area contributed by atoms with Crippen molar-refractivity contribution in [2.24, 2.45) is 5.92 Å². The predicted molar refractivity (Wildman–Crippen MR) is 67.6 cm³/mol. The van der Waals surface area contributed by atoms with Gasteiger partial charge in [0.25, 0.3) is 5.91 Å². The van der Waals surface area contributed by atoms with Gasteiger partial charge in [0.15, 0.2) is 0 Å². The Morgan fingerprint density at radius 1 is 1.65 bits per heavy atom. The number of likely N-dealkylation sites (tertiary alicyclic amines) is 1. The number of pyridine rings is 1. The first-order valence-electron chi connectivity index (χ1n) is 5.68. The average Bonchev–Trinajstić information content (AvgIpc) is 2.77. The van der Waals surface area contributed by atoms with Crippen molar-refractivity contribution in [3.8, 4) is 0 Å². The number of aliphatic hydroxyl groups is 1. The van der Waals surface area contributed by atoms with Gasteiger partial charge in [-0.25, -0.2) is 4.98 Å². The predicted octanol–water partition coefficient (Wildman–Crippen LogP) is 1.69. The molecule has 1 aliphatic heterocycles. The zero-order valence-corrected chi connectivity index (χ0v) is 11.2. The Kier molecular flexibility index (Phi) is 3.79. The van der Waals surface area contributed by atoms with Crippen LogP contribution >= 0.6 is 15.9 Å². The summed E-state index contributed by atoms with van der Waals surface area (Å²) < 4.78 is 0.662. The topological polar surface area (TPSA) is 53.4 Å². The van der Waals surface area contributed by atoms with Crippen LogP contribution in [0.5, 0.6) is 0 Å². The van der Waals surface area contributed by atoms with Gasteiger partial charge in [0.2, 0.25) is 0 Å². The van der Waals surface area contributed by atoms with Crippen LogP contribution in [0.4, 0.5) is 0 Å². The van der Waals surface area contributed by atoms with Crippen LogP contribution in [0.2, 0.25) is 0 Å². The monoisotopic (exact) mass is 298 g/mol. The molecule has 2 atom stereocenters. The standard InChI is InChI=1S/C12H15BrN2O2/c1-8(16)9-5-6-15(7-9)12(17)10-3-2-4-11(13)14-10/h2-4,8-9,16H,5-7H2,1H3. The Hall–Kier alpha value is -0.940. The fourth-order valence-corrected chi connectivity index (χ4v) is 2.40. The zero-order chi connectivity index (χ0) is 12.4. The number of aromatic nitrogens is 1. The van der Waals surface area contributed by atoms with E-state index in [9.17, 15) is 9.90 Å². The lowest BCUT2D eigenvalue weighted by atomic mass is 10.0. The molecular weight excluding hydrogens is 284 g/mol. The molecule has 1 saturated heterocycles. The second kappa shape index (κ2) is 5.14. The summed E-state index contributed by atoms with van der Waals surface area (Å²) in [5.41, 5.74) is 0.450. The Bertz CT molecular complexity index is 423. The number of rotatable bonds is 2. The van der Waals surface area contributed by atoms with Gasteiger partial charge in [0.1, 0.15) is 10.3 Å². The van der Waals surface area contributed by atoms with E-state index in [1.165, 1.54) is 0 Å². The molecular formula is C12H15BrN2O2. The summed E-state index contributed by atoms with van der Waals surface area (Å²) in [6.45, 7) is 3.09.